The van der Waals surface area contributed by atoms with E-state index in [0.29, 0.717) is 5.75 Å². The maximum Gasteiger partial charge on any atom is 0.216 e. The zero-order chi connectivity index (χ0) is 15.5. The van der Waals surface area contributed by atoms with Gasteiger partial charge in [-0.2, -0.15) is 0 Å². The van der Waals surface area contributed by atoms with Crippen molar-refractivity contribution in [3.63, 3.8) is 0 Å². The largest absolute Gasteiger partial charge is 0.507 e. The first kappa shape index (κ1) is 15.6. The lowest BCUT2D eigenvalue weighted by Crippen LogP contribution is -2.31. The molecule has 0 spiro atoms. The molecule has 1 unspecified atom stereocenters. The highest BCUT2D eigenvalue weighted by atomic mass is 16.3. The lowest BCUT2D eigenvalue weighted by Gasteiger charge is -2.30. The summed E-state index contributed by atoms with van der Waals surface area (Å²) >= 11 is 0. The van der Waals surface area contributed by atoms with Gasteiger partial charge in [0.2, 0.25) is 5.69 Å². The average Bonchev–Trinajstić information content (AvgIpc) is 2.48. The number of hydrogen-bond acceptors (Lipinski definition) is 1. The van der Waals surface area contributed by atoms with E-state index in [1.807, 2.05) is 31.4 Å². The highest BCUT2D eigenvalue weighted by Gasteiger charge is 2.30. The van der Waals surface area contributed by atoms with E-state index in [4.69, 9.17) is 0 Å². The smallest absolute Gasteiger partial charge is 0.216 e. The van der Waals surface area contributed by atoms with Crippen molar-refractivity contribution < 1.29 is 9.67 Å². The monoisotopic (exact) mass is 284 g/mol. The minimum absolute atomic E-state index is 0.0890. The van der Waals surface area contributed by atoms with Crippen LogP contribution < -0.4 is 4.57 Å². The lowest BCUT2D eigenvalue weighted by atomic mass is 9.74. The molecule has 1 atom stereocenters. The van der Waals surface area contributed by atoms with Crippen molar-refractivity contribution in [3.05, 3.63) is 48.2 Å². The summed E-state index contributed by atoms with van der Waals surface area (Å²) in [5.74, 6) is 0.366. The van der Waals surface area contributed by atoms with Gasteiger partial charge in [-0.15, -0.1) is 0 Å². The van der Waals surface area contributed by atoms with E-state index in [-0.39, 0.29) is 5.41 Å². The van der Waals surface area contributed by atoms with Crippen molar-refractivity contribution in [2.45, 2.75) is 45.4 Å². The van der Waals surface area contributed by atoms with Crippen molar-refractivity contribution in [2.24, 2.45) is 7.05 Å². The summed E-state index contributed by atoms with van der Waals surface area (Å²) in [7, 11) is 2.02. The molecule has 0 radical (unpaired) electrons. The molecule has 2 aromatic rings. The van der Waals surface area contributed by atoms with E-state index in [1.165, 1.54) is 5.56 Å². The molecule has 1 heterocycles. The van der Waals surface area contributed by atoms with Gasteiger partial charge < -0.3 is 5.11 Å². The van der Waals surface area contributed by atoms with Gasteiger partial charge in [0.15, 0.2) is 6.20 Å². The van der Waals surface area contributed by atoms with Crippen LogP contribution in [0.1, 0.15) is 45.6 Å². The highest BCUT2D eigenvalue weighted by Crippen LogP contribution is 2.41. The highest BCUT2D eigenvalue weighted by molar-refractivity contribution is 5.70. The first-order valence-corrected chi connectivity index (χ1v) is 7.81. The molecule has 1 aromatic carbocycles. The number of aromatic nitrogens is 1. The van der Waals surface area contributed by atoms with Crippen molar-refractivity contribution in [2.75, 3.05) is 0 Å². The number of nitrogens with zero attached hydrogens (tertiary/aromatic N) is 1. The molecule has 0 aliphatic heterocycles. The number of phenols is 1. The van der Waals surface area contributed by atoms with E-state index < -0.39 is 0 Å². The number of phenolic OH excluding ortho intramolecular Hbond substituents is 1. The predicted molar refractivity (Wildman–Crippen MR) is 87.3 cm³/mol. The van der Waals surface area contributed by atoms with Gasteiger partial charge in [-0.1, -0.05) is 39.3 Å². The molecule has 2 rings (SSSR count). The Morgan fingerprint density at radius 3 is 2.48 bits per heavy atom. The summed E-state index contributed by atoms with van der Waals surface area (Å²) in [5.41, 5.74) is 3.36. The van der Waals surface area contributed by atoms with Gasteiger partial charge in [0.05, 0.1) is 5.56 Å². The van der Waals surface area contributed by atoms with E-state index in [2.05, 4.69) is 37.5 Å². The third kappa shape index (κ3) is 2.94. The van der Waals surface area contributed by atoms with Gasteiger partial charge in [-0.05, 0) is 36.0 Å². The Hall–Kier alpha value is -1.83. The topological polar surface area (TPSA) is 24.1 Å². The molecular formula is C19H26NO+. The second kappa shape index (κ2) is 6.30. The fraction of sp³-hybridized carbons (Fsp3) is 0.421. The zero-order valence-corrected chi connectivity index (χ0v) is 13.6. The molecule has 0 fully saturated rings. The fourth-order valence-corrected chi connectivity index (χ4v) is 3.15. The second-order valence-electron chi connectivity index (χ2n) is 6.06. The van der Waals surface area contributed by atoms with Crippen LogP contribution in [0.3, 0.4) is 0 Å². The molecule has 2 nitrogen and oxygen atoms in total. The van der Waals surface area contributed by atoms with Crippen LogP contribution in [-0.2, 0) is 12.5 Å². The van der Waals surface area contributed by atoms with Gasteiger partial charge in [0, 0.05) is 12.1 Å². The predicted octanol–water partition coefficient (Wildman–Crippen LogP) is 4.35. The summed E-state index contributed by atoms with van der Waals surface area (Å²) in [6, 6.07) is 12.0. The maximum absolute atomic E-state index is 10.5. The molecule has 1 aromatic heterocycles. The Morgan fingerprint density at radius 2 is 1.86 bits per heavy atom. The van der Waals surface area contributed by atoms with Crippen molar-refractivity contribution in [3.8, 4) is 17.0 Å². The molecular weight excluding hydrogens is 258 g/mol. The molecule has 0 saturated heterocycles. The van der Waals surface area contributed by atoms with Crippen LogP contribution in [0, 0.1) is 0 Å². The van der Waals surface area contributed by atoms with Gasteiger partial charge in [0.25, 0.3) is 0 Å². The molecule has 0 bridgehead atoms. The number of hydrogen-bond donors (Lipinski definition) is 1. The minimum atomic E-state index is 0.0890. The van der Waals surface area contributed by atoms with E-state index in [9.17, 15) is 5.11 Å². The first-order valence-electron chi connectivity index (χ1n) is 7.81. The number of pyridine rings is 1. The fourth-order valence-electron chi connectivity index (χ4n) is 3.15. The lowest BCUT2D eigenvalue weighted by molar-refractivity contribution is -0.660. The van der Waals surface area contributed by atoms with Crippen LogP contribution in [0.25, 0.3) is 11.3 Å². The standard InChI is InChI=1S/C19H25NO/c1-5-13-19(3,6-2)15-10-9-12-17(21)18(15)16-11-7-8-14-20(16)4/h7-12,14H,5-6,13H2,1-4H3/p+1. The number of aryl methyl sites for hydroxylation is 1. The second-order valence-corrected chi connectivity index (χ2v) is 6.06. The van der Waals surface area contributed by atoms with Gasteiger partial charge >= 0.3 is 0 Å². The molecule has 112 valence electrons. The third-order valence-electron chi connectivity index (χ3n) is 4.59. The first-order chi connectivity index (χ1) is 10.0. The Labute approximate surface area is 128 Å². The Balaban J connectivity index is 2.70. The van der Waals surface area contributed by atoms with Gasteiger partial charge in [-0.3, -0.25) is 0 Å². The quantitative estimate of drug-likeness (QED) is 0.811. The number of benzene rings is 1. The van der Waals surface area contributed by atoms with Crippen LogP contribution in [0.4, 0.5) is 0 Å². The summed E-state index contributed by atoms with van der Waals surface area (Å²) < 4.78 is 2.07. The summed E-state index contributed by atoms with van der Waals surface area (Å²) in [6.07, 6.45) is 5.35. The third-order valence-corrected chi connectivity index (χ3v) is 4.59. The summed E-state index contributed by atoms with van der Waals surface area (Å²) in [6.45, 7) is 6.76. The van der Waals surface area contributed by atoms with E-state index in [1.54, 1.807) is 6.07 Å². The number of aromatic hydroxyl groups is 1. The van der Waals surface area contributed by atoms with Crippen LogP contribution in [0.5, 0.6) is 5.75 Å². The summed E-state index contributed by atoms with van der Waals surface area (Å²) in [5, 5.41) is 10.5. The molecule has 1 N–H and O–H groups in total. The minimum Gasteiger partial charge on any atom is -0.507 e. The molecule has 0 saturated carbocycles. The SMILES string of the molecule is CCCC(C)(CC)c1cccc(O)c1-c1cccc[n+]1C. The van der Waals surface area contributed by atoms with Crippen molar-refractivity contribution in [1.29, 1.82) is 0 Å². The van der Waals surface area contributed by atoms with Crippen LogP contribution >= 0.6 is 0 Å². The van der Waals surface area contributed by atoms with Crippen LogP contribution in [0.15, 0.2) is 42.6 Å². The Morgan fingerprint density at radius 1 is 1.10 bits per heavy atom. The molecule has 2 heteroatoms. The maximum atomic E-state index is 10.5. The molecule has 21 heavy (non-hydrogen) atoms. The normalized spacial score (nSPS) is 13.9. The van der Waals surface area contributed by atoms with Crippen LogP contribution in [-0.4, -0.2) is 5.11 Å². The van der Waals surface area contributed by atoms with E-state index >= 15 is 0 Å². The molecule has 0 aliphatic rings. The van der Waals surface area contributed by atoms with Gasteiger partial charge in [-0.25, -0.2) is 4.57 Å². The van der Waals surface area contributed by atoms with Gasteiger partial charge in [0.1, 0.15) is 12.8 Å². The van der Waals surface area contributed by atoms with Crippen LogP contribution in [0.2, 0.25) is 0 Å². The Kier molecular flexibility index (Phi) is 4.66. The average molecular weight is 284 g/mol. The van der Waals surface area contributed by atoms with E-state index in [0.717, 1.165) is 30.5 Å². The Bertz CT molecular complexity index is 621. The van der Waals surface area contributed by atoms with Crippen molar-refractivity contribution >= 4 is 0 Å². The molecule has 0 aliphatic carbocycles. The number of rotatable bonds is 5. The van der Waals surface area contributed by atoms with Crippen molar-refractivity contribution in [1.82, 2.24) is 0 Å². The zero-order valence-electron chi connectivity index (χ0n) is 13.6. The molecule has 0 amide bonds. The summed E-state index contributed by atoms with van der Waals surface area (Å²) in [4.78, 5) is 0.